The highest BCUT2D eigenvalue weighted by Crippen LogP contribution is 2.22. The molecule has 0 saturated heterocycles. The minimum atomic E-state index is -0.654. The number of benzene rings is 1. The van der Waals surface area contributed by atoms with Crippen LogP contribution in [0, 0.1) is 12.7 Å². The molecule has 0 radical (unpaired) electrons. The van der Waals surface area contributed by atoms with E-state index in [-0.39, 0.29) is 53.1 Å². The molecular weight excluding hydrogens is 383 g/mol. The molecule has 3 heterocycles. The first kappa shape index (κ1) is 18.5. The zero-order chi connectivity index (χ0) is 20.5. The predicted octanol–water partition coefficient (Wildman–Crippen LogP) is 2.71. The van der Waals surface area contributed by atoms with Gasteiger partial charge >= 0.3 is 5.97 Å². The number of ether oxygens (including phenoxy) is 1. The van der Waals surface area contributed by atoms with E-state index in [0.29, 0.717) is 5.56 Å². The zero-order valence-corrected chi connectivity index (χ0v) is 15.5. The molecule has 29 heavy (non-hydrogen) atoms. The number of esters is 1. The normalized spacial score (nSPS) is 11.1. The first-order valence-corrected chi connectivity index (χ1v) is 8.72. The van der Waals surface area contributed by atoms with Crippen LogP contribution in [0.25, 0.3) is 22.6 Å². The van der Waals surface area contributed by atoms with E-state index in [1.54, 1.807) is 13.8 Å². The maximum Gasteiger partial charge on any atom is 0.342 e. The summed E-state index contributed by atoms with van der Waals surface area (Å²) in [6, 6.07) is 5.57. The molecular formula is C19H15FN4O5. The molecule has 0 unspecified atom stereocenters. The number of nitrogens with zero attached hydrogens (tertiary/aromatic N) is 4. The number of carbonyl (C=O) groups is 1. The van der Waals surface area contributed by atoms with Crippen LogP contribution in [0.5, 0.6) is 0 Å². The summed E-state index contributed by atoms with van der Waals surface area (Å²) in [5.41, 5.74) is 0.143. The van der Waals surface area contributed by atoms with Crippen molar-refractivity contribution in [2.75, 3.05) is 6.61 Å². The summed E-state index contributed by atoms with van der Waals surface area (Å²) >= 11 is 0. The second-order valence-corrected chi connectivity index (χ2v) is 6.13. The van der Waals surface area contributed by atoms with Crippen molar-refractivity contribution < 1.29 is 22.9 Å². The molecule has 10 heteroatoms. The third kappa shape index (κ3) is 3.40. The van der Waals surface area contributed by atoms with Crippen LogP contribution < -0.4 is 5.56 Å². The lowest BCUT2D eigenvalue weighted by molar-refractivity contribution is 0.0526. The fraction of sp³-hybridized carbons (Fsp3) is 0.211. The highest BCUT2D eigenvalue weighted by molar-refractivity contribution is 6.03. The molecule has 0 aliphatic heterocycles. The molecule has 1 aromatic carbocycles. The van der Waals surface area contributed by atoms with Crippen LogP contribution >= 0.6 is 0 Å². The molecule has 0 aliphatic carbocycles. The van der Waals surface area contributed by atoms with Crippen molar-refractivity contribution >= 4 is 17.1 Å². The minimum Gasteiger partial charge on any atom is -0.462 e. The van der Waals surface area contributed by atoms with Gasteiger partial charge in [0.2, 0.25) is 5.71 Å². The SMILES string of the molecule is CCOC(=O)c1c(C)oc2ncn(Cc3noc(-c4ccc(F)cc4)n3)c(=O)c12. The molecule has 0 bridgehead atoms. The van der Waals surface area contributed by atoms with Crippen molar-refractivity contribution in [2.45, 2.75) is 20.4 Å². The Morgan fingerprint density at radius 3 is 2.76 bits per heavy atom. The summed E-state index contributed by atoms with van der Waals surface area (Å²) < 4.78 is 29.9. The number of fused-ring (bicyclic) bond motifs is 1. The smallest absolute Gasteiger partial charge is 0.342 e. The molecule has 0 spiro atoms. The quantitative estimate of drug-likeness (QED) is 0.472. The first-order chi connectivity index (χ1) is 14.0. The van der Waals surface area contributed by atoms with Crippen LogP contribution in [-0.4, -0.2) is 32.3 Å². The van der Waals surface area contributed by atoms with E-state index in [1.165, 1.54) is 35.2 Å². The van der Waals surface area contributed by atoms with Gasteiger partial charge in [-0.15, -0.1) is 0 Å². The van der Waals surface area contributed by atoms with E-state index in [9.17, 15) is 14.0 Å². The van der Waals surface area contributed by atoms with Crippen LogP contribution in [0.3, 0.4) is 0 Å². The van der Waals surface area contributed by atoms with Gasteiger partial charge in [0.25, 0.3) is 11.4 Å². The number of hydrogen-bond donors (Lipinski definition) is 0. The van der Waals surface area contributed by atoms with Crippen LogP contribution in [0.2, 0.25) is 0 Å². The molecule has 0 fully saturated rings. The summed E-state index contributed by atoms with van der Waals surface area (Å²) in [4.78, 5) is 33.5. The molecule has 148 valence electrons. The Balaban J connectivity index is 1.69. The predicted molar refractivity (Wildman–Crippen MR) is 97.8 cm³/mol. The third-order valence-electron chi connectivity index (χ3n) is 4.21. The molecule has 0 N–H and O–H groups in total. The molecule has 0 saturated carbocycles. The standard InChI is InChI=1S/C19H15FN4O5/c1-3-27-19(26)14-10(2)28-17-15(14)18(25)24(9-21-17)8-13-22-16(29-23-13)11-4-6-12(20)7-5-11/h4-7,9H,3,8H2,1-2H3. The number of halogens is 1. The molecule has 4 aromatic rings. The van der Waals surface area contributed by atoms with Crippen molar-refractivity contribution in [3.05, 3.63) is 63.9 Å². The summed E-state index contributed by atoms with van der Waals surface area (Å²) in [7, 11) is 0. The van der Waals surface area contributed by atoms with Crippen LogP contribution in [0.1, 0.15) is 28.9 Å². The van der Waals surface area contributed by atoms with E-state index in [1.807, 2.05) is 0 Å². The molecule has 0 amide bonds. The number of hydrogen-bond acceptors (Lipinski definition) is 8. The molecule has 0 atom stereocenters. The molecule has 0 aliphatic rings. The van der Waals surface area contributed by atoms with E-state index in [0.717, 1.165) is 0 Å². The van der Waals surface area contributed by atoms with Crippen molar-refractivity contribution in [2.24, 2.45) is 0 Å². The van der Waals surface area contributed by atoms with Gasteiger partial charge in [-0.3, -0.25) is 9.36 Å². The van der Waals surface area contributed by atoms with Crippen molar-refractivity contribution in [3.63, 3.8) is 0 Å². The monoisotopic (exact) mass is 398 g/mol. The second-order valence-electron chi connectivity index (χ2n) is 6.13. The van der Waals surface area contributed by atoms with Gasteiger partial charge in [-0.25, -0.2) is 14.2 Å². The average molecular weight is 398 g/mol. The third-order valence-corrected chi connectivity index (χ3v) is 4.21. The zero-order valence-electron chi connectivity index (χ0n) is 15.5. The lowest BCUT2D eigenvalue weighted by atomic mass is 10.2. The van der Waals surface area contributed by atoms with E-state index < -0.39 is 11.5 Å². The number of aromatic nitrogens is 4. The summed E-state index contributed by atoms with van der Waals surface area (Å²) in [5, 5.41) is 3.87. The largest absolute Gasteiger partial charge is 0.462 e. The Morgan fingerprint density at radius 1 is 1.28 bits per heavy atom. The topological polar surface area (TPSA) is 113 Å². The van der Waals surface area contributed by atoms with Crippen LogP contribution in [0.4, 0.5) is 4.39 Å². The Kier molecular flexibility index (Phi) is 4.67. The maximum atomic E-state index is 13.1. The summed E-state index contributed by atoms with van der Waals surface area (Å²) in [5.74, 6) is -0.385. The molecule has 4 rings (SSSR count). The van der Waals surface area contributed by atoms with Crippen molar-refractivity contribution in [3.8, 4) is 11.5 Å². The Bertz CT molecular complexity index is 1260. The van der Waals surface area contributed by atoms with Gasteiger partial charge < -0.3 is 13.7 Å². The Labute approximate surface area is 162 Å². The number of rotatable bonds is 5. The highest BCUT2D eigenvalue weighted by atomic mass is 19.1. The number of carbonyl (C=O) groups excluding carboxylic acids is 1. The Morgan fingerprint density at radius 2 is 2.03 bits per heavy atom. The van der Waals surface area contributed by atoms with Crippen LogP contribution in [0.15, 0.2) is 44.3 Å². The molecule has 9 nitrogen and oxygen atoms in total. The lowest BCUT2D eigenvalue weighted by Gasteiger charge is -2.02. The second kappa shape index (κ2) is 7.30. The van der Waals surface area contributed by atoms with E-state index in [2.05, 4.69) is 15.1 Å². The highest BCUT2D eigenvalue weighted by Gasteiger charge is 2.24. The van der Waals surface area contributed by atoms with Gasteiger partial charge in [0, 0.05) is 5.56 Å². The summed E-state index contributed by atoms with van der Waals surface area (Å²) in [6.07, 6.45) is 1.27. The first-order valence-electron chi connectivity index (χ1n) is 8.72. The fourth-order valence-electron chi connectivity index (χ4n) is 2.88. The fourth-order valence-corrected chi connectivity index (χ4v) is 2.88. The van der Waals surface area contributed by atoms with Gasteiger partial charge in [0.1, 0.15) is 28.9 Å². The Hall–Kier alpha value is -3.82. The number of aryl methyl sites for hydroxylation is 1. The van der Waals surface area contributed by atoms with Gasteiger partial charge in [-0.2, -0.15) is 4.98 Å². The van der Waals surface area contributed by atoms with Gasteiger partial charge in [-0.1, -0.05) is 5.16 Å². The van der Waals surface area contributed by atoms with Crippen molar-refractivity contribution in [1.29, 1.82) is 0 Å². The van der Waals surface area contributed by atoms with Crippen LogP contribution in [-0.2, 0) is 11.3 Å². The molecule has 3 aromatic heterocycles. The minimum absolute atomic E-state index is 0.0331. The summed E-state index contributed by atoms with van der Waals surface area (Å²) in [6.45, 7) is 3.35. The van der Waals surface area contributed by atoms with Gasteiger partial charge in [0.15, 0.2) is 5.82 Å². The average Bonchev–Trinajstić information content (AvgIpc) is 3.29. The number of furan rings is 1. The van der Waals surface area contributed by atoms with Crippen molar-refractivity contribution in [1.82, 2.24) is 19.7 Å². The van der Waals surface area contributed by atoms with E-state index >= 15 is 0 Å². The maximum absolute atomic E-state index is 13.1. The van der Waals surface area contributed by atoms with E-state index in [4.69, 9.17) is 13.7 Å². The lowest BCUT2D eigenvalue weighted by Crippen LogP contribution is -2.23. The van der Waals surface area contributed by atoms with Gasteiger partial charge in [0.05, 0.1) is 13.2 Å². The van der Waals surface area contributed by atoms with Gasteiger partial charge in [-0.05, 0) is 38.1 Å².